The van der Waals surface area contributed by atoms with Gasteiger partial charge in [-0.1, -0.05) is 30.3 Å². The summed E-state index contributed by atoms with van der Waals surface area (Å²) < 4.78 is 0. The summed E-state index contributed by atoms with van der Waals surface area (Å²) in [4.78, 5) is 21.1. The first kappa shape index (κ1) is 20.0. The van der Waals surface area contributed by atoms with Gasteiger partial charge in [0.05, 0.1) is 29.3 Å². The van der Waals surface area contributed by atoms with E-state index in [1.54, 1.807) is 24.8 Å². The monoisotopic (exact) mass is 448 g/mol. The van der Waals surface area contributed by atoms with Crippen LogP contribution in [0.2, 0.25) is 0 Å². The molecule has 0 bridgehead atoms. The number of hydrogen-bond donors (Lipinski definition) is 4. The first-order valence-corrected chi connectivity index (χ1v) is 10.8. The van der Waals surface area contributed by atoms with E-state index in [0.29, 0.717) is 29.3 Å². The van der Waals surface area contributed by atoms with Gasteiger partial charge in [-0.2, -0.15) is 5.10 Å². The third kappa shape index (κ3) is 3.84. The topological polar surface area (TPSA) is 128 Å². The van der Waals surface area contributed by atoms with E-state index >= 15 is 0 Å². The van der Waals surface area contributed by atoms with Crippen LogP contribution in [0.1, 0.15) is 5.56 Å². The molecule has 0 saturated carbocycles. The molecule has 0 saturated heterocycles. The molecule has 9 nitrogen and oxygen atoms in total. The molecular weight excluding hydrogens is 428 g/mol. The van der Waals surface area contributed by atoms with E-state index in [9.17, 15) is 5.11 Å². The van der Waals surface area contributed by atoms with E-state index in [1.165, 1.54) is 0 Å². The number of aliphatic hydroxyl groups excluding tert-OH is 1. The van der Waals surface area contributed by atoms with Gasteiger partial charge in [0.2, 0.25) is 0 Å². The van der Waals surface area contributed by atoms with Gasteiger partial charge in [0.25, 0.3) is 0 Å². The Bertz CT molecular complexity index is 1560. The number of H-pyrrole nitrogens is 2. The molecule has 166 valence electrons. The molecule has 5 aromatic heterocycles. The lowest BCUT2D eigenvalue weighted by Gasteiger charge is -2.14. The quantitative estimate of drug-likeness (QED) is 0.284. The Labute approximate surface area is 194 Å². The average Bonchev–Trinajstić information content (AvgIpc) is 3.48. The maximum absolute atomic E-state index is 10.5. The Morgan fingerprint density at radius 1 is 0.971 bits per heavy atom. The summed E-state index contributed by atoms with van der Waals surface area (Å²) in [6, 6.07) is 17.5. The van der Waals surface area contributed by atoms with E-state index in [-0.39, 0.29) is 0 Å². The van der Waals surface area contributed by atoms with Crippen LogP contribution in [0.15, 0.2) is 79.4 Å². The van der Waals surface area contributed by atoms with E-state index in [2.05, 4.69) is 40.4 Å². The molecule has 0 radical (unpaired) electrons. The fraction of sp³-hybridized carbons (Fsp3) is 0.0800. The van der Waals surface area contributed by atoms with Crippen LogP contribution >= 0.6 is 0 Å². The number of nitrogens with one attached hydrogen (secondary N) is 3. The van der Waals surface area contributed by atoms with Gasteiger partial charge in [-0.15, -0.1) is 0 Å². The van der Waals surface area contributed by atoms with Crippen LogP contribution in [0.4, 0.5) is 5.69 Å². The molecule has 0 amide bonds. The Morgan fingerprint density at radius 2 is 1.88 bits per heavy atom. The summed E-state index contributed by atoms with van der Waals surface area (Å²) >= 11 is 0. The second-order valence-corrected chi connectivity index (χ2v) is 7.96. The molecule has 0 fully saturated rings. The summed E-state index contributed by atoms with van der Waals surface area (Å²) in [6.07, 6.45) is 6.64. The minimum Gasteiger partial charge on any atom is -0.373 e. The number of pyridine rings is 3. The molecule has 0 aliphatic carbocycles. The molecule has 0 aliphatic rings. The van der Waals surface area contributed by atoms with Crippen molar-refractivity contribution >= 4 is 27.8 Å². The molecule has 34 heavy (non-hydrogen) atoms. The van der Waals surface area contributed by atoms with Crippen molar-refractivity contribution in [3.63, 3.8) is 0 Å². The van der Waals surface area contributed by atoms with Crippen molar-refractivity contribution in [2.24, 2.45) is 0 Å². The predicted octanol–water partition coefficient (Wildman–Crippen LogP) is 3.93. The summed E-state index contributed by atoms with van der Waals surface area (Å²) in [7, 11) is 0. The van der Waals surface area contributed by atoms with Crippen molar-refractivity contribution < 1.29 is 5.11 Å². The Kier molecular flexibility index (Phi) is 4.93. The number of imidazole rings is 1. The number of rotatable bonds is 6. The molecule has 1 atom stereocenters. The van der Waals surface area contributed by atoms with Gasteiger partial charge in [0, 0.05) is 29.8 Å². The number of benzene rings is 1. The molecule has 5 heterocycles. The van der Waals surface area contributed by atoms with Crippen LogP contribution in [0, 0.1) is 0 Å². The van der Waals surface area contributed by atoms with Crippen molar-refractivity contribution in [2.75, 3.05) is 5.32 Å². The highest BCUT2D eigenvalue weighted by Crippen LogP contribution is 2.29. The van der Waals surface area contributed by atoms with Crippen molar-refractivity contribution in [1.29, 1.82) is 0 Å². The minimum absolute atomic E-state index is 0.486. The summed E-state index contributed by atoms with van der Waals surface area (Å²) in [5.74, 6) is 0.634. The lowest BCUT2D eigenvalue weighted by Crippen LogP contribution is -2.21. The van der Waals surface area contributed by atoms with Crippen LogP contribution in [-0.2, 0) is 6.42 Å². The standard InChI is InChI=1S/C25H20N8O/c34-22(9-15-5-2-1-3-6-15)29-17-10-16(12-26-13-17)20-11-18-21(14-28-20)32-33-23(18)25-30-19-7-4-8-27-24(19)31-25/h1-8,10-14,22,29,34H,9H2,(H,32,33)(H,27,30,31). The molecule has 0 aliphatic heterocycles. The molecule has 1 aromatic carbocycles. The van der Waals surface area contributed by atoms with Crippen LogP contribution in [-0.4, -0.2) is 46.5 Å². The lowest BCUT2D eigenvalue weighted by atomic mass is 10.1. The molecule has 1 unspecified atom stereocenters. The van der Waals surface area contributed by atoms with Crippen molar-refractivity contribution in [2.45, 2.75) is 12.6 Å². The third-order valence-corrected chi connectivity index (χ3v) is 5.57. The highest BCUT2D eigenvalue weighted by atomic mass is 16.3. The maximum Gasteiger partial charge on any atom is 0.160 e. The molecular formula is C25H20N8O. The normalized spacial score (nSPS) is 12.3. The molecule has 4 N–H and O–H groups in total. The maximum atomic E-state index is 10.5. The molecule has 0 spiro atoms. The van der Waals surface area contributed by atoms with Gasteiger partial charge < -0.3 is 15.4 Å². The Balaban J connectivity index is 1.30. The molecule has 6 rings (SSSR count). The van der Waals surface area contributed by atoms with Crippen LogP contribution in [0.5, 0.6) is 0 Å². The second-order valence-electron chi connectivity index (χ2n) is 7.96. The van der Waals surface area contributed by atoms with E-state index in [4.69, 9.17) is 0 Å². The minimum atomic E-state index is -0.739. The first-order valence-electron chi connectivity index (χ1n) is 10.8. The number of anilines is 1. The number of aromatic nitrogens is 7. The second kappa shape index (κ2) is 8.38. The van der Waals surface area contributed by atoms with E-state index < -0.39 is 6.23 Å². The van der Waals surface area contributed by atoms with Gasteiger partial charge in [-0.05, 0) is 29.8 Å². The zero-order valence-corrected chi connectivity index (χ0v) is 18.0. The van der Waals surface area contributed by atoms with Crippen molar-refractivity contribution in [3.8, 4) is 22.8 Å². The highest BCUT2D eigenvalue weighted by molar-refractivity contribution is 5.94. The van der Waals surface area contributed by atoms with Crippen LogP contribution in [0.25, 0.3) is 44.8 Å². The van der Waals surface area contributed by atoms with Gasteiger partial charge in [-0.3, -0.25) is 15.1 Å². The lowest BCUT2D eigenvalue weighted by molar-refractivity contribution is 0.204. The van der Waals surface area contributed by atoms with Crippen molar-refractivity contribution in [3.05, 3.63) is 84.9 Å². The summed E-state index contributed by atoms with van der Waals surface area (Å²) in [5.41, 5.74) is 6.28. The fourth-order valence-electron chi connectivity index (χ4n) is 3.95. The smallest absolute Gasteiger partial charge is 0.160 e. The van der Waals surface area contributed by atoms with E-state index in [1.807, 2.05) is 54.6 Å². The summed E-state index contributed by atoms with van der Waals surface area (Å²) in [6.45, 7) is 0. The number of aromatic amines is 2. The Hall–Kier alpha value is -4.63. The number of nitrogens with zero attached hydrogens (tertiary/aromatic N) is 5. The number of hydrogen-bond acceptors (Lipinski definition) is 7. The van der Waals surface area contributed by atoms with Gasteiger partial charge >= 0.3 is 0 Å². The predicted molar refractivity (Wildman–Crippen MR) is 130 cm³/mol. The third-order valence-electron chi connectivity index (χ3n) is 5.57. The van der Waals surface area contributed by atoms with Crippen LogP contribution in [0.3, 0.4) is 0 Å². The SMILES string of the molecule is OC(Cc1ccccc1)Nc1cncc(-c2cc3c(-c4nc5cccnc5[nH]4)n[nH]c3cn2)c1. The largest absolute Gasteiger partial charge is 0.373 e. The highest BCUT2D eigenvalue weighted by Gasteiger charge is 2.15. The molecule has 9 heteroatoms. The number of fused-ring (bicyclic) bond motifs is 2. The van der Waals surface area contributed by atoms with Crippen molar-refractivity contribution in [1.82, 2.24) is 35.1 Å². The Morgan fingerprint density at radius 3 is 2.76 bits per heavy atom. The van der Waals surface area contributed by atoms with Gasteiger partial charge in [0.15, 0.2) is 11.5 Å². The zero-order chi connectivity index (χ0) is 22.9. The van der Waals surface area contributed by atoms with Gasteiger partial charge in [0.1, 0.15) is 17.4 Å². The number of aliphatic hydroxyl groups is 1. The van der Waals surface area contributed by atoms with Crippen LogP contribution < -0.4 is 5.32 Å². The average molecular weight is 448 g/mol. The zero-order valence-electron chi connectivity index (χ0n) is 18.0. The van der Waals surface area contributed by atoms with Gasteiger partial charge in [-0.25, -0.2) is 9.97 Å². The summed E-state index contributed by atoms with van der Waals surface area (Å²) in [5, 5.41) is 21.9. The first-order chi connectivity index (χ1) is 16.7. The molecule has 6 aromatic rings. The van der Waals surface area contributed by atoms with E-state index in [0.717, 1.165) is 33.2 Å². The fourth-order valence-corrected chi connectivity index (χ4v) is 3.95.